The van der Waals surface area contributed by atoms with Crippen LogP contribution in [0.15, 0.2) is 109 Å². The van der Waals surface area contributed by atoms with Crippen LogP contribution in [0, 0.1) is 17.3 Å². The van der Waals surface area contributed by atoms with Gasteiger partial charge in [-0.3, -0.25) is 39.2 Å². The second-order valence-corrected chi connectivity index (χ2v) is 17.5. The van der Waals surface area contributed by atoms with Crippen molar-refractivity contribution in [3.8, 4) is 34.2 Å². The van der Waals surface area contributed by atoms with Gasteiger partial charge in [0.25, 0.3) is 17.7 Å². The Labute approximate surface area is 388 Å². The first-order valence-electron chi connectivity index (χ1n) is 22.9. The van der Waals surface area contributed by atoms with Crippen LogP contribution in [0.3, 0.4) is 0 Å². The second-order valence-electron chi connectivity index (χ2n) is 17.5. The molecular weight excluding hydrogens is 845 g/mol. The Bertz CT molecular complexity index is 3010. The lowest BCUT2D eigenvalue weighted by Gasteiger charge is -2.32. The number of hydrogen-bond acceptors (Lipinski definition) is 9. The molecule has 5 amide bonds. The molecule has 4 N–H and O–H groups in total. The van der Waals surface area contributed by atoms with E-state index in [4.69, 9.17) is 4.98 Å². The van der Waals surface area contributed by atoms with Crippen molar-refractivity contribution in [2.45, 2.75) is 82.5 Å². The van der Waals surface area contributed by atoms with Gasteiger partial charge in [0, 0.05) is 55.8 Å². The van der Waals surface area contributed by atoms with Gasteiger partial charge in [0.15, 0.2) is 0 Å². The van der Waals surface area contributed by atoms with Crippen LogP contribution in [0.4, 0.5) is 5.69 Å². The molecule has 2 aromatic heterocycles. The largest absolute Gasteiger partial charge is 0.393 e. The van der Waals surface area contributed by atoms with Gasteiger partial charge in [-0.2, -0.15) is 0 Å². The fourth-order valence-electron chi connectivity index (χ4n) is 9.51. The van der Waals surface area contributed by atoms with Crippen molar-refractivity contribution < 1.29 is 29.1 Å². The third kappa shape index (κ3) is 9.15. The van der Waals surface area contributed by atoms with E-state index in [-0.39, 0.29) is 54.5 Å². The SMILES string of the molecule is CN1C(=O)CCC(N2C(=O)c3ccc(NCC(=O)NCCCCC#Cc4cccc(Cn5c(-c6ccccc6)c(-c6ccccc6)c6c(=N)n(C7CCC(O)CC7)cnc65)c4)cc3C2=O)C1=O. The average Bonchev–Trinajstić information content (AvgIpc) is 3.80. The number of anilines is 1. The molecule has 1 saturated carbocycles. The molecule has 9 rings (SSSR count). The maximum absolute atomic E-state index is 13.3. The Balaban J connectivity index is 0.824. The number of imide groups is 2. The van der Waals surface area contributed by atoms with E-state index in [1.54, 1.807) is 6.07 Å². The maximum atomic E-state index is 13.3. The van der Waals surface area contributed by atoms with Crippen molar-refractivity contribution in [2.24, 2.45) is 0 Å². The standard InChI is InChI=1S/C53H52N8O6/c1-58-45(64)27-26-43(53(58)67)61-51(65)41-25-20-38(30-42(41)52(61)66)56-31-44(63)55-28-11-3-2-6-13-34-14-12-15-35(29-34)32-59-48(37-18-9-5-10-19-37)46(36-16-7-4-8-17-36)47-49(54)60(33-57-50(47)59)39-21-23-40(62)24-22-39/h4-5,7-10,12,14-20,25,29-30,33,39-40,43,54,56,62H,2-3,11,21-24,26-28,31-32H2,1H3,(H,55,63). The van der Waals surface area contributed by atoms with Crippen LogP contribution < -0.4 is 16.1 Å². The van der Waals surface area contributed by atoms with Crippen LogP contribution >= 0.6 is 0 Å². The molecule has 67 heavy (non-hydrogen) atoms. The van der Waals surface area contributed by atoms with Gasteiger partial charge in [-0.15, -0.1) is 0 Å². The summed E-state index contributed by atoms with van der Waals surface area (Å²) in [6.45, 7) is 0.936. The van der Waals surface area contributed by atoms with E-state index in [1.165, 1.54) is 19.2 Å². The summed E-state index contributed by atoms with van der Waals surface area (Å²) >= 11 is 0. The van der Waals surface area contributed by atoms with E-state index in [1.807, 2.05) is 59.4 Å². The molecule has 4 aromatic carbocycles. The van der Waals surface area contributed by atoms with E-state index >= 15 is 0 Å². The number of benzene rings is 4. The highest BCUT2D eigenvalue weighted by Gasteiger charge is 2.46. The van der Waals surface area contributed by atoms with Gasteiger partial charge in [0.1, 0.15) is 17.2 Å². The van der Waals surface area contributed by atoms with Crippen molar-refractivity contribution in [3.05, 3.63) is 137 Å². The molecule has 1 aliphatic carbocycles. The molecule has 0 bridgehead atoms. The minimum Gasteiger partial charge on any atom is -0.393 e. The number of fused-ring (bicyclic) bond motifs is 2. The van der Waals surface area contributed by atoms with Crippen molar-refractivity contribution in [3.63, 3.8) is 0 Å². The monoisotopic (exact) mass is 896 g/mol. The minimum atomic E-state index is -1.03. The van der Waals surface area contributed by atoms with Gasteiger partial charge in [-0.1, -0.05) is 84.6 Å². The number of nitrogens with zero attached hydrogens (tertiary/aromatic N) is 5. The number of rotatable bonds is 13. The lowest BCUT2D eigenvalue weighted by molar-refractivity contribution is -0.149. The van der Waals surface area contributed by atoms with E-state index in [0.717, 1.165) is 80.0 Å². The Morgan fingerprint density at radius 3 is 2.33 bits per heavy atom. The summed E-state index contributed by atoms with van der Waals surface area (Å²) in [6.07, 6.45) is 6.84. The Morgan fingerprint density at radius 1 is 0.836 bits per heavy atom. The van der Waals surface area contributed by atoms with Gasteiger partial charge in [-0.05, 0) is 92.0 Å². The first-order valence-corrected chi connectivity index (χ1v) is 22.9. The van der Waals surface area contributed by atoms with Gasteiger partial charge >= 0.3 is 0 Å². The highest BCUT2D eigenvalue weighted by Crippen LogP contribution is 2.40. The maximum Gasteiger partial charge on any atom is 0.262 e. The zero-order valence-corrected chi connectivity index (χ0v) is 37.3. The second kappa shape index (κ2) is 19.5. The molecule has 3 aliphatic rings. The Hall–Kier alpha value is -7.63. The summed E-state index contributed by atoms with van der Waals surface area (Å²) in [7, 11) is 1.35. The molecule has 14 heteroatoms. The number of unbranched alkanes of at least 4 members (excludes halogenated alkanes) is 2. The topological polar surface area (TPSA) is 183 Å². The van der Waals surface area contributed by atoms with Gasteiger partial charge in [-0.25, -0.2) is 4.98 Å². The summed E-state index contributed by atoms with van der Waals surface area (Å²) in [5.41, 5.74) is 7.91. The smallest absolute Gasteiger partial charge is 0.262 e. The first kappa shape index (κ1) is 44.6. The minimum absolute atomic E-state index is 0.0411. The predicted molar refractivity (Wildman–Crippen MR) is 253 cm³/mol. The molecule has 0 radical (unpaired) electrons. The molecule has 340 valence electrons. The van der Waals surface area contributed by atoms with Crippen molar-refractivity contribution in [2.75, 3.05) is 25.5 Å². The number of hydrogen-bond donors (Lipinski definition) is 4. The van der Waals surface area contributed by atoms with Crippen LogP contribution in [0.25, 0.3) is 33.4 Å². The van der Waals surface area contributed by atoms with Gasteiger partial charge < -0.3 is 24.9 Å². The number of likely N-dealkylation sites (tertiary alicyclic amines) is 1. The van der Waals surface area contributed by atoms with E-state index in [0.29, 0.717) is 43.5 Å². The summed E-state index contributed by atoms with van der Waals surface area (Å²) in [4.78, 5) is 70.7. The van der Waals surface area contributed by atoms with E-state index in [9.17, 15) is 34.5 Å². The van der Waals surface area contributed by atoms with Crippen LogP contribution in [0.5, 0.6) is 0 Å². The molecule has 1 unspecified atom stereocenters. The third-order valence-corrected chi connectivity index (χ3v) is 13.1. The number of carbonyl (C=O) groups is 5. The first-order chi connectivity index (χ1) is 32.6. The van der Waals surface area contributed by atoms with Crippen LogP contribution in [0.2, 0.25) is 0 Å². The number of aliphatic hydroxyl groups is 1. The molecule has 6 aromatic rings. The molecule has 1 saturated heterocycles. The van der Waals surface area contributed by atoms with Crippen LogP contribution in [-0.4, -0.2) is 90.8 Å². The number of piperidine rings is 1. The highest BCUT2D eigenvalue weighted by molar-refractivity contribution is 6.23. The molecule has 4 heterocycles. The Kier molecular flexibility index (Phi) is 12.9. The average molecular weight is 897 g/mol. The number of aliphatic hydroxyl groups excluding tert-OH is 1. The van der Waals surface area contributed by atoms with Crippen molar-refractivity contribution in [1.29, 1.82) is 5.41 Å². The molecule has 1 atom stereocenters. The number of carbonyl (C=O) groups excluding carboxylic acids is 5. The molecule has 0 spiro atoms. The number of amides is 5. The molecule has 14 nitrogen and oxygen atoms in total. The fraction of sp³-hybridized carbons (Fsp3) is 0.302. The zero-order valence-electron chi connectivity index (χ0n) is 37.3. The van der Waals surface area contributed by atoms with Crippen LogP contribution in [-0.2, 0) is 20.9 Å². The normalized spacial score (nSPS) is 18.2. The summed E-state index contributed by atoms with van der Waals surface area (Å²) in [5, 5.41) is 26.6. The van der Waals surface area contributed by atoms with Gasteiger partial charge in [0.05, 0.1) is 41.2 Å². The van der Waals surface area contributed by atoms with Crippen molar-refractivity contribution >= 4 is 46.3 Å². The quantitative estimate of drug-likeness (QED) is 0.0564. The Morgan fingerprint density at radius 2 is 1.57 bits per heavy atom. The predicted octanol–water partition coefficient (Wildman–Crippen LogP) is 6.67. The highest BCUT2D eigenvalue weighted by atomic mass is 16.3. The van der Waals surface area contributed by atoms with E-state index in [2.05, 4.69) is 63.4 Å². The van der Waals surface area contributed by atoms with Gasteiger partial charge in [0.2, 0.25) is 11.8 Å². The fourth-order valence-corrected chi connectivity index (χ4v) is 9.51. The lowest BCUT2D eigenvalue weighted by atomic mass is 9.93. The lowest BCUT2D eigenvalue weighted by Crippen LogP contribution is -2.54. The van der Waals surface area contributed by atoms with Crippen LogP contribution in [0.1, 0.15) is 95.7 Å². The van der Waals surface area contributed by atoms with E-state index < -0.39 is 23.8 Å². The zero-order chi connectivity index (χ0) is 46.6. The molecule has 2 fully saturated rings. The summed E-state index contributed by atoms with van der Waals surface area (Å²) in [5.74, 6) is 4.29. The van der Waals surface area contributed by atoms with Crippen molar-refractivity contribution in [1.82, 2.24) is 29.2 Å². The third-order valence-electron chi connectivity index (χ3n) is 13.1. The molecule has 2 aliphatic heterocycles. The summed E-state index contributed by atoms with van der Waals surface area (Å²) < 4.78 is 4.22. The molecular formula is C53H52N8O6. The summed E-state index contributed by atoms with van der Waals surface area (Å²) in [6, 6.07) is 32.4. The number of nitrogens with one attached hydrogen (secondary N) is 3. The number of aromatic nitrogens is 3. The number of likely N-dealkylation sites (N-methyl/N-ethyl adjacent to an activating group) is 1.